The molecule has 0 aromatic heterocycles. The third-order valence-electron chi connectivity index (χ3n) is 3.09. The standard InChI is InChI=1S/C16H17NO3/c1-11-8-13(16(18)19)6-7-15(11)17-10-12-4-3-5-14(9-12)20-2/h3-9,17H,10H2,1-2H3,(H,18,19). The molecule has 0 aliphatic carbocycles. The van der Waals surface area contributed by atoms with Gasteiger partial charge < -0.3 is 15.2 Å². The van der Waals surface area contributed by atoms with Crippen molar-refractivity contribution in [3.8, 4) is 5.75 Å². The minimum Gasteiger partial charge on any atom is -0.497 e. The number of methoxy groups -OCH3 is 1. The van der Waals surface area contributed by atoms with Gasteiger partial charge in [-0.1, -0.05) is 12.1 Å². The maximum Gasteiger partial charge on any atom is 0.335 e. The summed E-state index contributed by atoms with van der Waals surface area (Å²) in [5.41, 5.74) is 3.24. The van der Waals surface area contributed by atoms with Gasteiger partial charge in [-0.25, -0.2) is 4.79 Å². The van der Waals surface area contributed by atoms with E-state index in [9.17, 15) is 4.79 Å². The van der Waals surface area contributed by atoms with Crippen LogP contribution in [0.4, 0.5) is 5.69 Å². The van der Waals surface area contributed by atoms with Crippen LogP contribution in [0.25, 0.3) is 0 Å². The molecule has 4 nitrogen and oxygen atoms in total. The summed E-state index contributed by atoms with van der Waals surface area (Å²) >= 11 is 0. The Morgan fingerprint density at radius 1 is 1.25 bits per heavy atom. The van der Waals surface area contributed by atoms with Crippen molar-refractivity contribution >= 4 is 11.7 Å². The lowest BCUT2D eigenvalue weighted by Crippen LogP contribution is -2.03. The third kappa shape index (κ3) is 3.29. The Hall–Kier alpha value is -2.49. The monoisotopic (exact) mass is 271 g/mol. The molecule has 0 spiro atoms. The van der Waals surface area contributed by atoms with E-state index in [0.717, 1.165) is 22.6 Å². The van der Waals surface area contributed by atoms with Gasteiger partial charge >= 0.3 is 5.97 Å². The molecule has 0 saturated carbocycles. The van der Waals surface area contributed by atoms with Gasteiger partial charge in [-0.05, 0) is 48.4 Å². The predicted octanol–water partition coefficient (Wildman–Crippen LogP) is 3.31. The van der Waals surface area contributed by atoms with E-state index in [1.807, 2.05) is 31.2 Å². The molecule has 104 valence electrons. The molecule has 0 aliphatic heterocycles. The van der Waals surface area contributed by atoms with Crippen molar-refractivity contribution < 1.29 is 14.6 Å². The Balaban J connectivity index is 2.08. The topological polar surface area (TPSA) is 58.6 Å². The Morgan fingerprint density at radius 2 is 2.05 bits per heavy atom. The van der Waals surface area contributed by atoms with Gasteiger partial charge in [0.15, 0.2) is 0 Å². The van der Waals surface area contributed by atoms with Gasteiger partial charge in [0.1, 0.15) is 5.75 Å². The quantitative estimate of drug-likeness (QED) is 0.876. The van der Waals surface area contributed by atoms with Crippen molar-refractivity contribution in [2.24, 2.45) is 0 Å². The van der Waals surface area contributed by atoms with Crippen LogP contribution in [-0.2, 0) is 6.54 Å². The lowest BCUT2D eigenvalue weighted by molar-refractivity contribution is 0.0697. The minimum absolute atomic E-state index is 0.300. The van der Waals surface area contributed by atoms with Gasteiger partial charge in [-0.15, -0.1) is 0 Å². The van der Waals surface area contributed by atoms with Crippen LogP contribution in [0.1, 0.15) is 21.5 Å². The molecule has 20 heavy (non-hydrogen) atoms. The summed E-state index contributed by atoms with van der Waals surface area (Å²) in [6, 6.07) is 12.9. The van der Waals surface area contributed by atoms with Crippen LogP contribution in [0.3, 0.4) is 0 Å². The van der Waals surface area contributed by atoms with E-state index < -0.39 is 5.97 Å². The van der Waals surface area contributed by atoms with Crippen molar-refractivity contribution in [3.63, 3.8) is 0 Å². The fraction of sp³-hybridized carbons (Fsp3) is 0.188. The molecule has 0 radical (unpaired) electrons. The first-order valence-corrected chi connectivity index (χ1v) is 6.31. The zero-order valence-corrected chi connectivity index (χ0v) is 11.5. The van der Waals surface area contributed by atoms with E-state index in [-0.39, 0.29) is 0 Å². The molecular formula is C16H17NO3. The normalized spacial score (nSPS) is 10.1. The number of carbonyl (C=O) groups is 1. The number of benzene rings is 2. The van der Waals surface area contributed by atoms with Gasteiger partial charge in [0.05, 0.1) is 12.7 Å². The minimum atomic E-state index is -0.910. The molecule has 0 amide bonds. The van der Waals surface area contributed by atoms with Gasteiger partial charge in [-0.3, -0.25) is 0 Å². The summed E-state index contributed by atoms with van der Waals surface area (Å²) in [6.45, 7) is 2.55. The number of ether oxygens (including phenoxy) is 1. The largest absolute Gasteiger partial charge is 0.497 e. The highest BCUT2D eigenvalue weighted by Gasteiger charge is 2.05. The third-order valence-corrected chi connectivity index (χ3v) is 3.09. The van der Waals surface area contributed by atoms with E-state index in [1.165, 1.54) is 0 Å². The Labute approximate surface area is 118 Å². The van der Waals surface area contributed by atoms with Gasteiger partial charge in [0, 0.05) is 12.2 Å². The lowest BCUT2D eigenvalue weighted by atomic mass is 10.1. The number of rotatable bonds is 5. The highest BCUT2D eigenvalue weighted by Crippen LogP contribution is 2.19. The fourth-order valence-corrected chi connectivity index (χ4v) is 1.97. The molecule has 4 heteroatoms. The summed E-state index contributed by atoms with van der Waals surface area (Å²) < 4.78 is 5.18. The molecular weight excluding hydrogens is 254 g/mol. The van der Waals surface area contributed by atoms with Gasteiger partial charge in [0.25, 0.3) is 0 Å². The van der Waals surface area contributed by atoms with Crippen LogP contribution in [-0.4, -0.2) is 18.2 Å². The molecule has 0 unspecified atom stereocenters. The summed E-state index contributed by atoms with van der Waals surface area (Å²) in [5, 5.41) is 12.2. The lowest BCUT2D eigenvalue weighted by Gasteiger charge is -2.11. The van der Waals surface area contributed by atoms with Crippen LogP contribution in [0.5, 0.6) is 5.75 Å². The van der Waals surface area contributed by atoms with Crippen LogP contribution >= 0.6 is 0 Å². The van der Waals surface area contributed by atoms with Crippen molar-refractivity contribution in [1.29, 1.82) is 0 Å². The number of aromatic carboxylic acids is 1. The highest BCUT2D eigenvalue weighted by molar-refractivity contribution is 5.88. The van der Waals surface area contributed by atoms with Gasteiger partial charge in [0.2, 0.25) is 0 Å². The smallest absolute Gasteiger partial charge is 0.335 e. The number of hydrogen-bond donors (Lipinski definition) is 2. The van der Waals surface area contributed by atoms with Crippen LogP contribution in [0.15, 0.2) is 42.5 Å². The number of hydrogen-bond acceptors (Lipinski definition) is 3. The number of anilines is 1. The van der Waals surface area contributed by atoms with Crippen LogP contribution < -0.4 is 10.1 Å². The SMILES string of the molecule is COc1cccc(CNc2ccc(C(=O)O)cc2C)c1. The molecule has 0 atom stereocenters. The van der Waals surface area contributed by atoms with E-state index in [0.29, 0.717) is 12.1 Å². The maximum absolute atomic E-state index is 10.9. The average molecular weight is 271 g/mol. The van der Waals surface area contributed by atoms with E-state index in [4.69, 9.17) is 9.84 Å². The van der Waals surface area contributed by atoms with E-state index in [1.54, 1.807) is 25.3 Å². The first-order valence-electron chi connectivity index (χ1n) is 6.31. The second kappa shape index (κ2) is 6.10. The molecule has 0 heterocycles. The van der Waals surface area contributed by atoms with Crippen molar-refractivity contribution in [2.45, 2.75) is 13.5 Å². The second-order valence-corrected chi connectivity index (χ2v) is 4.54. The highest BCUT2D eigenvalue weighted by atomic mass is 16.5. The Bertz CT molecular complexity index is 623. The first-order chi connectivity index (χ1) is 9.60. The summed E-state index contributed by atoms with van der Waals surface area (Å²) in [6.07, 6.45) is 0. The fourth-order valence-electron chi connectivity index (χ4n) is 1.97. The predicted molar refractivity (Wildman–Crippen MR) is 78.5 cm³/mol. The summed E-state index contributed by atoms with van der Waals surface area (Å²) in [4.78, 5) is 10.9. The number of aryl methyl sites for hydroxylation is 1. The number of nitrogens with one attached hydrogen (secondary N) is 1. The van der Waals surface area contributed by atoms with E-state index >= 15 is 0 Å². The Kier molecular flexibility index (Phi) is 4.25. The second-order valence-electron chi connectivity index (χ2n) is 4.54. The van der Waals surface area contributed by atoms with Crippen molar-refractivity contribution in [1.82, 2.24) is 0 Å². The molecule has 2 N–H and O–H groups in total. The average Bonchev–Trinajstić information content (AvgIpc) is 2.46. The van der Waals surface area contributed by atoms with Crippen molar-refractivity contribution in [2.75, 3.05) is 12.4 Å². The van der Waals surface area contributed by atoms with Crippen LogP contribution in [0, 0.1) is 6.92 Å². The molecule has 2 aromatic carbocycles. The molecule has 0 bridgehead atoms. The van der Waals surface area contributed by atoms with Gasteiger partial charge in [-0.2, -0.15) is 0 Å². The molecule has 2 rings (SSSR count). The molecule has 0 fully saturated rings. The number of carboxylic acid groups (broad SMARTS) is 1. The zero-order chi connectivity index (χ0) is 14.5. The number of carboxylic acids is 1. The summed E-state index contributed by atoms with van der Waals surface area (Å²) in [7, 11) is 1.64. The van der Waals surface area contributed by atoms with Crippen LogP contribution in [0.2, 0.25) is 0 Å². The molecule has 0 aliphatic rings. The molecule has 0 saturated heterocycles. The summed E-state index contributed by atoms with van der Waals surface area (Å²) in [5.74, 6) is -0.0882. The Morgan fingerprint density at radius 3 is 2.70 bits per heavy atom. The first kappa shape index (κ1) is 13.9. The zero-order valence-electron chi connectivity index (χ0n) is 11.5. The molecule has 2 aromatic rings. The van der Waals surface area contributed by atoms with Crippen molar-refractivity contribution in [3.05, 3.63) is 59.2 Å². The maximum atomic E-state index is 10.9. The van der Waals surface area contributed by atoms with E-state index in [2.05, 4.69) is 5.32 Å².